The van der Waals surface area contributed by atoms with Crippen LogP contribution in [0.3, 0.4) is 0 Å². The van der Waals surface area contributed by atoms with Crippen LogP contribution in [0.2, 0.25) is 0 Å². The molecule has 0 bridgehead atoms. The van der Waals surface area contributed by atoms with Gasteiger partial charge in [-0.3, -0.25) is 0 Å². The second-order valence-electron chi connectivity index (χ2n) is 5.12. The van der Waals surface area contributed by atoms with Crippen molar-refractivity contribution in [3.05, 3.63) is 58.7 Å². The molecule has 0 amide bonds. The molecule has 2 aromatic carbocycles. The quantitative estimate of drug-likeness (QED) is 0.369. The molecular formula is C16H11F8N. The molecule has 2 rings (SSSR count). The van der Waals surface area contributed by atoms with E-state index in [1.807, 2.05) is 0 Å². The van der Waals surface area contributed by atoms with Gasteiger partial charge in [0.15, 0.2) is 40.7 Å². The maximum absolute atomic E-state index is 14.0. The van der Waals surface area contributed by atoms with Crippen LogP contribution in [-0.4, -0.2) is 6.54 Å². The molecule has 1 nitrogen and oxygen atoms in total. The number of rotatable bonds is 5. The summed E-state index contributed by atoms with van der Waals surface area (Å²) >= 11 is 0. The lowest BCUT2D eigenvalue weighted by Gasteiger charge is -2.26. The van der Waals surface area contributed by atoms with Crippen LogP contribution in [0.25, 0.3) is 0 Å². The smallest absolute Gasteiger partial charge is 0.200 e. The first-order valence-electron chi connectivity index (χ1n) is 7.14. The zero-order chi connectivity index (χ0) is 18.9. The predicted octanol–water partition coefficient (Wildman–Crippen LogP) is 5.74. The summed E-state index contributed by atoms with van der Waals surface area (Å²) < 4.78 is 109. The van der Waals surface area contributed by atoms with Crippen LogP contribution in [-0.2, 0) is 0 Å². The van der Waals surface area contributed by atoms with Crippen LogP contribution in [0.1, 0.15) is 19.8 Å². The maximum atomic E-state index is 14.0. The van der Waals surface area contributed by atoms with E-state index in [1.54, 1.807) is 6.92 Å². The Labute approximate surface area is 137 Å². The van der Waals surface area contributed by atoms with Crippen LogP contribution in [0.15, 0.2) is 12.1 Å². The number of nitrogens with zero attached hydrogens (tertiary/aromatic N) is 1. The minimum absolute atomic E-state index is 0.151. The van der Waals surface area contributed by atoms with E-state index in [0.29, 0.717) is 23.5 Å². The van der Waals surface area contributed by atoms with Gasteiger partial charge in [-0.25, -0.2) is 35.1 Å². The fourth-order valence-electron chi connectivity index (χ4n) is 2.22. The van der Waals surface area contributed by atoms with Gasteiger partial charge in [-0.15, -0.1) is 0 Å². The van der Waals surface area contributed by atoms with Crippen molar-refractivity contribution in [2.24, 2.45) is 0 Å². The van der Waals surface area contributed by atoms with Crippen molar-refractivity contribution in [1.29, 1.82) is 0 Å². The van der Waals surface area contributed by atoms with Crippen molar-refractivity contribution in [3.8, 4) is 0 Å². The second kappa shape index (κ2) is 7.28. The van der Waals surface area contributed by atoms with E-state index in [2.05, 4.69) is 0 Å². The highest BCUT2D eigenvalue weighted by molar-refractivity contribution is 5.65. The summed E-state index contributed by atoms with van der Waals surface area (Å²) in [6.07, 6.45) is 0.565. The first-order valence-corrected chi connectivity index (χ1v) is 7.14. The van der Waals surface area contributed by atoms with Crippen LogP contribution >= 0.6 is 0 Å². The van der Waals surface area contributed by atoms with E-state index in [-0.39, 0.29) is 6.42 Å². The predicted molar refractivity (Wildman–Crippen MR) is 74.5 cm³/mol. The van der Waals surface area contributed by atoms with Crippen LogP contribution in [0.4, 0.5) is 46.5 Å². The second-order valence-corrected chi connectivity index (χ2v) is 5.12. The van der Waals surface area contributed by atoms with Crippen molar-refractivity contribution in [2.75, 3.05) is 11.4 Å². The van der Waals surface area contributed by atoms with Crippen molar-refractivity contribution in [1.82, 2.24) is 0 Å². The Balaban J connectivity index is 2.75. The van der Waals surface area contributed by atoms with Crippen molar-refractivity contribution >= 4 is 11.4 Å². The average molecular weight is 369 g/mol. The molecule has 0 aliphatic carbocycles. The van der Waals surface area contributed by atoms with Gasteiger partial charge >= 0.3 is 0 Å². The summed E-state index contributed by atoms with van der Waals surface area (Å²) in [7, 11) is 0. The molecule has 0 radical (unpaired) electrons. The van der Waals surface area contributed by atoms with Gasteiger partial charge in [-0.2, -0.15) is 0 Å². The Morgan fingerprint density at radius 1 is 0.680 bits per heavy atom. The zero-order valence-corrected chi connectivity index (χ0v) is 12.7. The molecule has 25 heavy (non-hydrogen) atoms. The van der Waals surface area contributed by atoms with Crippen molar-refractivity contribution < 1.29 is 35.1 Å². The monoisotopic (exact) mass is 369 g/mol. The lowest BCUT2D eigenvalue weighted by molar-refractivity contribution is 0.379. The summed E-state index contributed by atoms with van der Waals surface area (Å²) in [4.78, 5) is 0.400. The summed E-state index contributed by atoms with van der Waals surface area (Å²) in [5, 5.41) is 0. The summed E-state index contributed by atoms with van der Waals surface area (Å²) in [5.74, 6) is -16.5. The van der Waals surface area contributed by atoms with E-state index in [1.165, 1.54) is 0 Å². The topological polar surface area (TPSA) is 3.24 Å². The Hall–Kier alpha value is -2.32. The molecule has 0 saturated carbocycles. The first kappa shape index (κ1) is 19.0. The van der Waals surface area contributed by atoms with Crippen LogP contribution in [0, 0.1) is 46.5 Å². The molecule has 0 aliphatic rings. The molecule has 0 heterocycles. The molecule has 9 heteroatoms. The Morgan fingerprint density at radius 2 is 1.20 bits per heavy atom. The van der Waals surface area contributed by atoms with E-state index < -0.39 is 64.5 Å². The number of hydrogen-bond donors (Lipinski definition) is 0. The lowest BCUT2D eigenvalue weighted by atomic mass is 10.1. The van der Waals surface area contributed by atoms with Gasteiger partial charge < -0.3 is 4.90 Å². The van der Waals surface area contributed by atoms with E-state index in [0.717, 1.165) is 0 Å². The van der Waals surface area contributed by atoms with Gasteiger partial charge in [0.05, 0.1) is 5.69 Å². The summed E-state index contributed by atoms with van der Waals surface area (Å²) in [6.45, 7) is 1.26. The molecule has 0 fully saturated rings. The molecule has 0 spiro atoms. The lowest BCUT2D eigenvalue weighted by Crippen LogP contribution is -2.24. The van der Waals surface area contributed by atoms with Crippen LogP contribution in [0.5, 0.6) is 0 Å². The number of halogens is 8. The molecule has 0 N–H and O–H groups in total. The normalized spacial score (nSPS) is 11.1. The standard InChI is InChI=1S/C16H11F8N/c1-2-3-6-25(8-5-4-7(17)9(18)10(8)19)16-14(23)12(21)11(20)13(22)15(16)24/h4-5H,2-3,6H2,1H3. The molecule has 0 aliphatic heterocycles. The third-order valence-electron chi connectivity index (χ3n) is 3.50. The van der Waals surface area contributed by atoms with Gasteiger partial charge in [0.2, 0.25) is 5.82 Å². The molecule has 0 aromatic heterocycles. The number of hydrogen-bond acceptors (Lipinski definition) is 1. The largest absolute Gasteiger partial charge is 0.334 e. The highest BCUT2D eigenvalue weighted by atomic mass is 19.2. The molecular weight excluding hydrogens is 358 g/mol. The van der Waals surface area contributed by atoms with E-state index in [4.69, 9.17) is 0 Å². The maximum Gasteiger partial charge on any atom is 0.200 e. The number of unbranched alkanes of at least 4 members (excludes halogenated alkanes) is 1. The van der Waals surface area contributed by atoms with Gasteiger partial charge in [-0.1, -0.05) is 13.3 Å². The number of anilines is 2. The number of benzene rings is 2. The fourth-order valence-corrected chi connectivity index (χ4v) is 2.22. The van der Waals surface area contributed by atoms with Gasteiger partial charge in [0.25, 0.3) is 0 Å². The average Bonchev–Trinajstić information content (AvgIpc) is 2.60. The zero-order valence-electron chi connectivity index (χ0n) is 12.7. The molecule has 0 unspecified atom stereocenters. The SMILES string of the molecule is CCCCN(c1ccc(F)c(F)c1F)c1c(F)c(F)c(F)c(F)c1F. The van der Waals surface area contributed by atoms with Gasteiger partial charge in [0.1, 0.15) is 5.69 Å². The highest BCUT2D eigenvalue weighted by Crippen LogP contribution is 2.36. The van der Waals surface area contributed by atoms with E-state index in [9.17, 15) is 35.1 Å². The Bertz CT molecular complexity index is 776. The highest BCUT2D eigenvalue weighted by Gasteiger charge is 2.31. The minimum Gasteiger partial charge on any atom is -0.334 e. The molecule has 2 aromatic rings. The molecule has 0 saturated heterocycles. The Kier molecular flexibility index (Phi) is 5.54. The Morgan fingerprint density at radius 3 is 1.72 bits per heavy atom. The molecule has 0 atom stereocenters. The third-order valence-corrected chi connectivity index (χ3v) is 3.50. The van der Waals surface area contributed by atoms with Gasteiger partial charge in [-0.05, 0) is 18.6 Å². The third kappa shape index (κ3) is 3.27. The van der Waals surface area contributed by atoms with Crippen molar-refractivity contribution in [3.63, 3.8) is 0 Å². The summed E-state index contributed by atoms with van der Waals surface area (Å²) in [6, 6.07) is 1.14. The first-order chi connectivity index (χ1) is 11.7. The summed E-state index contributed by atoms with van der Waals surface area (Å²) in [5.41, 5.74) is -2.29. The van der Waals surface area contributed by atoms with Gasteiger partial charge in [0, 0.05) is 6.54 Å². The van der Waals surface area contributed by atoms with Crippen molar-refractivity contribution in [2.45, 2.75) is 19.8 Å². The minimum atomic E-state index is -2.38. The van der Waals surface area contributed by atoms with Crippen LogP contribution < -0.4 is 4.90 Å². The fraction of sp³-hybridized carbons (Fsp3) is 0.250. The van der Waals surface area contributed by atoms with E-state index >= 15 is 0 Å². The molecule has 136 valence electrons.